The third kappa shape index (κ3) is 5.61. The van der Waals surface area contributed by atoms with Crippen LogP contribution in [0, 0.1) is 5.92 Å². The monoisotopic (exact) mass is 487 g/mol. The number of rotatable bonds is 11. The maximum atomic E-state index is 13.5. The first-order valence-corrected chi connectivity index (χ1v) is 13.0. The summed E-state index contributed by atoms with van der Waals surface area (Å²) in [7, 11) is 0. The largest absolute Gasteiger partial charge is 0.494 e. The van der Waals surface area contributed by atoms with Crippen LogP contribution in [-0.4, -0.2) is 33.1 Å². The summed E-state index contributed by atoms with van der Waals surface area (Å²) in [5.74, 6) is 1.48. The fourth-order valence-corrected chi connectivity index (χ4v) is 4.39. The van der Waals surface area contributed by atoms with E-state index >= 15 is 0 Å². The van der Waals surface area contributed by atoms with Gasteiger partial charge in [0, 0.05) is 12.1 Å². The molecule has 0 aliphatic carbocycles. The minimum absolute atomic E-state index is 0.0257. The van der Waals surface area contributed by atoms with Crippen molar-refractivity contribution >= 4 is 33.9 Å². The Labute approximate surface area is 213 Å². The number of carbonyl (C=O) groups is 1. The number of nitrogens with two attached hydrogens (primary N) is 1. The van der Waals surface area contributed by atoms with Gasteiger partial charge in [-0.05, 0) is 49.9 Å². The zero-order chi connectivity index (χ0) is 25.7. The van der Waals surface area contributed by atoms with Gasteiger partial charge in [0.15, 0.2) is 5.65 Å². The molecule has 0 fully saturated rings. The van der Waals surface area contributed by atoms with Gasteiger partial charge >= 0.3 is 0 Å². The number of fused-ring (bicyclic) bond motifs is 2. The Morgan fingerprint density at radius 3 is 2.50 bits per heavy atom. The maximum Gasteiger partial charge on any atom is 0.257 e. The lowest BCUT2D eigenvalue weighted by molar-refractivity contribution is 0.0940. The molecule has 1 amide bonds. The Hall–Kier alpha value is -3.61. The minimum atomic E-state index is -0.228. The summed E-state index contributed by atoms with van der Waals surface area (Å²) in [5, 5.41) is 3.14. The number of hydrogen-bond acceptors (Lipinski definition) is 5. The van der Waals surface area contributed by atoms with Crippen molar-refractivity contribution in [3.63, 3.8) is 0 Å². The molecule has 4 aromatic rings. The number of aromatic nitrogens is 3. The van der Waals surface area contributed by atoms with E-state index in [-0.39, 0.29) is 11.9 Å². The van der Waals surface area contributed by atoms with Crippen molar-refractivity contribution in [2.75, 3.05) is 12.3 Å². The van der Waals surface area contributed by atoms with Crippen molar-refractivity contribution in [3.05, 3.63) is 54.1 Å². The van der Waals surface area contributed by atoms with Crippen LogP contribution in [0.2, 0.25) is 0 Å². The van der Waals surface area contributed by atoms with Crippen molar-refractivity contribution < 1.29 is 9.53 Å². The average molecular weight is 488 g/mol. The predicted octanol–water partition coefficient (Wildman–Crippen LogP) is 6.28. The summed E-state index contributed by atoms with van der Waals surface area (Å²) < 4.78 is 7.73. The number of hydrogen-bond donors (Lipinski definition) is 2. The molecule has 1 unspecified atom stereocenters. The van der Waals surface area contributed by atoms with Crippen LogP contribution in [0.15, 0.2) is 48.5 Å². The molecule has 36 heavy (non-hydrogen) atoms. The molecule has 0 saturated carbocycles. The van der Waals surface area contributed by atoms with Crippen LogP contribution >= 0.6 is 0 Å². The summed E-state index contributed by atoms with van der Waals surface area (Å²) in [4.78, 5) is 23.2. The lowest BCUT2D eigenvalue weighted by atomic mass is 10.0. The van der Waals surface area contributed by atoms with Crippen LogP contribution in [-0.2, 0) is 0 Å². The van der Waals surface area contributed by atoms with Crippen molar-refractivity contribution in [2.24, 2.45) is 5.92 Å². The second-order valence-electron chi connectivity index (χ2n) is 9.88. The topological polar surface area (TPSA) is 95.1 Å². The highest BCUT2D eigenvalue weighted by atomic mass is 16.5. The second kappa shape index (κ2) is 11.4. The SMILES string of the molecule is CCCCOc1cccc(-n2c(N)c(C(=O)NC(C)CCCC(C)C)c3nc4ccccc4nc32)c1. The van der Waals surface area contributed by atoms with E-state index < -0.39 is 0 Å². The van der Waals surface area contributed by atoms with E-state index in [2.05, 4.69) is 26.1 Å². The van der Waals surface area contributed by atoms with Crippen LogP contribution in [0.4, 0.5) is 5.82 Å². The van der Waals surface area contributed by atoms with Crippen LogP contribution in [0.25, 0.3) is 27.9 Å². The van der Waals surface area contributed by atoms with Gasteiger partial charge in [0.25, 0.3) is 5.91 Å². The van der Waals surface area contributed by atoms with Gasteiger partial charge in [-0.25, -0.2) is 9.97 Å². The fraction of sp³-hybridized carbons (Fsp3) is 0.414. The number of nitrogens with zero attached hydrogens (tertiary/aromatic N) is 3. The Morgan fingerprint density at radius 1 is 1.03 bits per heavy atom. The van der Waals surface area contributed by atoms with Crippen LogP contribution < -0.4 is 15.8 Å². The summed E-state index contributed by atoms with van der Waals surface area (Å²) >= 11 is 0. The molecule has 2 heterocycles. The van der Waals surface area contributed by atoms with E-state index in [9.17, 15) is 4.79 Å². The highest BCUT2D eigenvalue weighted by Crippen LogP contribution is 2.32. The van der Waals surface area contributed by atoms with E-state index in [1.54, 1.807) is 4.57 Å². The zero-order valence-corrected chi connectivity index (χ0v) is 21.8. The molecule has 2 aromatic carbocycles. The highest BCUT2D eigenvalue weighted by molar-refractivity contribution is 6.11. The second-order valence-corrected chi connectivity index (χ2v) is 9.88. The molecule has 7 nitrogen and oxygen atoms in total. The Kier molecular flexibility index (Phi) is 8.08. The summed E-state index contributed by atoms with van der Waals surface area (Å²) in [5.41, 5.74) is 10.3. The smallest absolute Gasteiger partial charge is 0.257 e. The molecule has 1 atom stereocenters. The van der Waals surface area contributed by atoms with E-state index in [4.69, 9.17) is 20.4 Å². The van der Waals surface area contributed by atoms with Crippen LogP contribution in [0.3, 0.4) is 0 Å². The van der Waals surface area contributed by atoms with Gasteiger partial charge in [0.1, 0.15) is 22.6 Å². The van der Waals surface area contributed by atoms with Gasteiger partial charge in [-0.3, -0.25) is 9.36 Å². The number of nitrogens with one attached hydrogen (secondary N) is 1. The van der Waals surface area contributed by atoms with Gasteiger partial charge in [-0.2, -0.15) is 0 Å². The molecular formula is C29H37N5O2. The summed E-state index contributed by atoms with van der Waals surface area (Å²) in [6, 6.07) is 15.4. The first-order valence-electron chi connectivity index (χ1n) is 13.0. The number of nitrogen functional groups attached to an aromatic ring is 1. The average Bonchev–Trinajstić information content (AvgIpc) is 3.13. The molecule has 4 rings (SSSR count). The summed E-state index contributed by atoms with van der Waals surface area (Å²) in [6.45, 7) is 9.24. The molecule has 0 bridgehead atoms. The van der Waals surface area contributed by atoms with E-state index in [1.807, 2.05) is 55.5 Å². The van der Waals surface area contributed by atoms with Gasteiger partial charge in [-0.15, -0.1) is 0 Å². The molecule has 2 aromatic heterocycles. The third-order valence-electron chi connectivity index (χ3n) is 6.36. The lowest BCUT2D eigenvalue weighted by Crippen LogP contribution is -2.33. The number of para-hydroxylation sites is 2. The van der Waals surface area contributed by atoms with Gasteiger partial charge in [-0.1, -0.05) is 58.2 Å². The molecule has 0 aliphatic heterocycles. The maximum absolute atomic E-state index is 13.5. The molecule has 0 radical (unpaired) electrons. The molecular weight excluding hydrogens is 450 g/mol. The molecule has 7 heteroatoms. The molecule has 0 aliphatic rings. The van der Waals surface area contributed by atoms with E-state index in [0.29, 0.717) is 35.1 Å². The Bertz CT molecular complexity index is 1340. The van der Waals surface area contributed by atoms with Crippen LogP contribution in [0.5, 0.6) is 5.75 Å². The highest BCUT2D eigenvalue weighted by Gasteiger charge is 2.25. The predicted molar refractivity (Wildman–Crippen MR) is 147 cm³/mol. The molecule has 3 N–H and O–H groups in total. The Balaban J connectivity index is 1.76. The number of carbonyl (C=O) groups excluding carboxylic acids is 1. The number of amides is 1. The normalized spacial score (nSPS) is 12.4. The minimum Gasteiger partial charge on any atom is -0.494 e. The third-order valence-corrected chi connectivity index (χ3v) is 6.36. The van der Waals surface area contributed by atoms with E-state index in [1.165, 1.54) is 0 Å². The standard InChI is InChI=1S/C29H37N5O2/c1-5-6-17-36-22-14-10-13-21(18-22)34-27(30)25(29(35)31-20(4)12-9-11-19(2)3)26-28(34)33-24-16-8-7-15-23(24)32-26/h7-8,10,13-16,18-20H,5-6,9,11-12,17,30H2,1-4H3,(H,31,35). The van der Waals surface area contributed by atoms with Gasteiger partial charge in [0.05, 0.1) is 23.3 Å². The van der Waals surface area contributed by atoms with Crippen molar-refractivity contribution in [1.29, 1.82) is 0 Å². The molecule has 0 spiro atoms. The molecule has 0 saturated heterocycles. The summed E-state index contributed by atoms with van der Waals surface area (Å²) in [6.07, 6.45) is 5.15. The molecule has 190 valence electrons. The number of anilines is 1. The van der Waals surface area contributed by atoms with Crippen molar-refractivity contribution in [2.45, 2.75) is 65.8 Å². The van der Waals surface area contributed by atoms with Gasteiger partial charge < -0.3 is 15.8 Å². The fourth-order valence-electron chi connectivity index (χ4n) is 4.39. The van der Waals surface area contributed by atoms with Crippen molar-refractivity contribution in [3.8, 4) is 11.4 Å². The number of ether oxygens (including phenoxy) is 1. The zero-order valence-electron chi connectivity index (χ0n) is 21.8. The van der Waals surface area contributed by atoms with Crippen LogP contribution in [0.1, 0.15) is 70.2 Å². The number of benzene rings is 2. The number of unbranched alkanes of at least 4 members (excludes halogenated alkanes) is 1. The first kappa shape index (κ1) is 25.5. The lowest BCUT2D eigenvalue weighted by Gasteiger charge is -2.15. The first-order chi connectivity index (χ1) is 17.4. The quantitative estimate of drug-likeness (QED) is 0.243. The Morgan fingerprint density at radius 2 is 1.78 bits per heavy atom. The van der Waals surface area contributed by atoms with Crippen molar-refractivity contribution in [1.82, 2.24) is 19.9 Å². The van der Waals surface area contributed by atoms with Gasteiger partial charge in [0.2, 0.25) is 0 Å². The van der Waals surface area contributed by atoms with E-state index in [0.717, 1.165) is 54.6 Å².